The van der Waals surface area contributed by atoms with Gasteiger partial charge in [-0.2, -0.15) is 0 Å². The molecule has 4 rings (SSSR count). The molecular formula is C23H13Cl3FN3O3. The lowest BCUT2D eigenvalue weighted by Crippen LogP contribution is -2.32. The second kappa shape index (κ2) is 9.23. The minimum Gasteiger partial charge on any atom is -0.350 e. The zero-order valence-electron chi connectivity index (χ0n) is 16.5. The number of hydrogen-bond acceptors (Lipinski definition) is 4. The maximum absolute atomic E-state index is 13.5. The number of anilines is 3. The second-order valence-electron chi connectivity index (χ2n) is 6.90. The first-order chi connectivity index (χ1) is 15.7. The number of carbonyl (C=O) groups is 3. The average Bonchev–Trinajstić information content (AvgIpc) is 2.99. The Morgan fingerprint density at radius 3 is 2.30 bits per heavy atom. The molecule has 3 aromatic carbocycles. The van der Waals surface area contributed by atoms with Gasteiger partial charge in [0.05, 0.1) is 10.7 Å². The molecule has 0 atom stereocenters. The predicted octanol–water partition coefficient (Wildman–Crippen LogP) is 5.82. The maximum atomic E-state index is 13.5. The van der Waals surface area contributed by atoms with Crippen molar-refractivity contribution in [2.24, 2.45) is 0 Å². The molecular weight excluding hydrogens is 492 g/mol. The van der Waals surface area contributed by atoms with Crippen LogP contribution in [0.3, 0.4) is 0 Å². The first-order valence-electron chi connectivity index (χ1n) is 9.42. The molecule has 0 aliphatic carbocycles. The van der Waals surface area contributed by atoms with E-state index in [2.05, 4.69) is 10.6 Å². The fourth-order valence-electron chi connectivity index (χ4n) is 3.12. The topological polar surface area (TPSA) is 78.5 Å². The van der Waals surface area contributed by atoms with Crippen molar-refractivity contribution < 1.29 is 18.8 Å². The van der Waals surface area contributed by atoms with Crippen molar-refractivity contribution in [3.63, 3.8) is 0 Å². The van der Waals surface area contributed by atoms with Crippen molar-refractivity contribution in [3.8, 4) is 0 Å². The van der Waals surface area contributed by atoms with Gasteiger partial charge in [0, 0.05) is 22.0 Å². The Bertz CT molecular complexity index is 1340. The number of benzene rings is 3. The molecule has 0 radical (unpaired) electrons. The molecule has 33 heavy (non-hydrogen) atoms. The lowest BCUT2D eigenvalue weighted by atomic mass is 10.1. The Hall–Kier alpha value is -3.39. The van der Waals surface area contributed by atoms with Crippen LogP contribution in [-0.2, 0) is 9.59 Å². The normalized spacial score (nSPS) is 13.5. The van der Waals surface area contributed by atoms with Gasteiger partial charge < -0.3 is 10.6 Å². The van der Waals surface area contributed by atoms with E-state index < -0.39 is 23.5 Å². The van der Waals surface area contributed by atoms with Crippen LogP contribution in [0.25, 0.3) is 0 Å². The van der Waals surface area contributed by atoms with Crippen LogP contribution in [0, 0.1) is 5.82 Å². The third-order valence-electron chi connectivity index (χ3n) is 4.67. The summed E-state index contributed by atoms with van der Waals surface area (Å²) in [6.07, 6.45) is 0. The largest absolute Gasteiger partial charge is 0.350 e. The van der Waals surface area contributed by atoms with Gasteiger partial charge in [0.2, 0.25) is 0 Å². The third kappa shape index (κ3) is 4.71. The van der Waals surface area contributed by atoms with Crippen LogP contribution in [-0.4, -0.2) is 17.7 Å². The number of nitrogens with one attached hydrogen (secondary N) is 2. The summed E-state index contributed by atoms with van der Waals surface area (Å²) in [6, 6.07) is 16.4. The summed E-state index contributed by atoms with van der Waals surface area (Å²) in [5.74, 6) is -2.63. The van der Waals surface area contributed by atoms with Gasteiger partial charge in [-0.15, -0.1) is 0 Å². The monoisotopic (exact) mass is 503 g/mol. The number of amides is 3. The molecule has 0 aromatic heterocycles. The van der Waals surface area contributed by atoms with Gasteiger partial charge in [0.15, 0.2) is 0 Å². The van der Waals surface area contributed by atoms with Crippen LogP contribution in [0.15, 0.2) is 77.5 Å². The molecule has 0 saturated carbocycles. The van der Waals surface area contributed by atoms with Gasteiger partial charge in [0.25, 0.3) is 17.7 Å². The molecule has 166 valence electrons. The van der Waals surface area contributed by atoms with Gasteiger partial charge in [-0.1, -0.05) is 46.9 Å². The predicted molar refractivity (Wildman–Crippen MR) is 126 cm³/mol. The van der Waals surface area contributed by atoms with Crippen molar-refractivity contribution in [3.05, 3.63) is 98.9 Å². The lowest BCUT2D eigenvalue weighted by Gasteiger charge is -2.15. The van der Waals surface area contributed by atoms with E-state index in [9.17, 15) is 18.8 Å². The van der Waals surface area contributed by atoms with E-state index in [0.717, 1.165) is 17.0 Å². The van der Waals surface area contributed by atoms with E-state index >= 15 is 0 Å². The SMILES string of the molecule is O=C(Nc1cccc(Cl)c1)c1cccc(NC2=C(Cl)C(=O)N(c3ccc(F)c(Cl)c3)C2=O)c1. The molecule has 0 spiro atoms. The minimum absolute atomic E-state index is 0.0704. The van der Waals surface area contributed by atoms with Crippen molar-refractivity contribution in [2.75, 3.05) is 15.5 Å². The molecule has 0 unspecified atom stereocenters. The maximum Gasteiger partial charge on any atom is 0.283 e. The number of imide groups is 1. The third-order valence-corrected chi connectivity index (χ3v) is 5.54. The van der Waals surface area contributed by atoms with E-state index in [1.165, 1.54) is 12.1 Å². The van der Waals surface area contributed by atoms with Crippen LogP contribution in [0.4, 0.5) is 21.5 Å². The molecule has 0 saturated heterocycles. The van der Waals surface area contributed by atoms with Crippen molar-refractivity contribution in [1.82, 2.24) is 0 Å². The number of hydrogen-bond donors (Lipinski definition) is 2. The van der Waals surface area contributed by atoms with Crippen LogP contribution in [0.1, 0.15) is 10.4 Å². The van der Waals surface area contributed by atoms with Crippen LogP contribution in [0.5, 0.6) is 0 Å². The summed E-state index contributed by atoms with van der Waals surface area (Å²) in [4.78, 5) is 38.9. The molecule has 1 aliphatic rings. The Kier molecular flexibility index (Phi) is 6.37. The standard InChI is InChI=1S/C23H13Cl3FN3O3/c24-13-4-2-6-15(10-13)29-21(31)12-3-1-5-14(9-12)28-20-19(26)22(32)30(23(20)33)16-7-8-18(27)17(25)11-16/h1-11,28H,(H,29,31). The van der Waals surface area contributed by atoms with Crippen LogP contribution < -0.4 is 15.5 Å². The number of halogens is 4. The van der Waals surface area contributed by atoms with E-state index in [1.807, 2.05) is 0 Å². The van der Waals surface area contributed by atoms with Crippen molar-refractivity contribution in [1.29, 1.82) is 0 Å². The fourth-order valence-corrected chi connectivity index (χ4v) is 3.70. The molecule has 3 aromatic rings. The zero-order valence-corrected chi connectivity index (χ0v) is 18.8. The molecule has 1 heterocycles. The fraction of sp³-hybridized carbons (Fsp3) is 0. The molecule has 3 amide bonds. The number of carbonyl (C=O) groups excluding carboxylic acids is 3. The van der Waals surface area contributed by atoms with Gasteiger partial charge >= 0.3 is 0 Å². The molecule has 2 N–H and O–H groups in total. The van der Waals surface area contributed by atoms with Crippen molar-refractivity contribution >= 4 is 69.6 Å². The summed E-state index contributed by atoms with van der Waals surface area (Å²) in [7, 11) is 0. The summed E-state index contributed by atoms with van der Waals surface area (Å²) >= 11 is 17.8. The zero-order chi connectivity index (χ0) is 23.7. The van der Waals surface area contributed by atoms with E-state index in [-0.39, 0.29) is 27.0 Å². The highest BCUT2D eigenvalue weighted by atomic mass is 35.5. The second-order valence-corrected chi connectivity index (χ2v) is 8.12. The van der Waals surface area contributed by atoms with E-state index in [0.29, 0.717) is 16.4 Å². The van der Waals surface area contributed by atoms with Crippen LogP contribution >= 0.6 is 34.8 Å². The highest BCUT2D eigenvalue weighted by molar-refractivity contribution is 6.53. The van der Waals surface area contributed by atoms with Gasteiger partial charge in [-0.05, 0) is 54.6 Å². The van der Waals surface area contributed by atoms with Gasteiger partial charge in [-0.25, -0.2) is 9.29 Å². The van der Waals surface area contributed by atoms with E-state index in [4.69, 9.17) is 34.8 Å². The molecule has 6 nitrogen and oxygen atoms in total. The highest BCUT2D eigenvalue weighted by Crippen LogP contribution is 2.32. The quantitative estimate of drug-likeness (QED) is 0.429. The minimum atomic E-state index is -0.790. The summed E-state index contributed by atoms with van der Waals surface area (Å²) in [5, 5.41) is 5.39. The number of nitrogens with zero attached hydrogens (tertiary/aromatic N) is 1. The smallest absolute Gasteiger partial charge is 0.283 e. The Labute approximate surface area is 202 Å². The molecule has 10 heteroatoms. The molecule has 1 aliphatic heterocycles. The van der Waals surface area contributed by atoms with E-state index in [1.54, 1.807) is 42.5 Å². The van der Waals surface area contributed by atoms with Crippen LogP contribution in [0.2, 0.25) is 10.0 Å². The Morgan fingerprint density at radius 2 is 1.58 bits per heavy atom. The first kappa shape index (κ1) is 22.8. The van der Waals surface area contributed by atoms with Gasteiger partial charge in [-0.3, -0.25) is 14.4 Å². The summed E-state index contributed by atoms with van der Waals surface area (Å²) in [6.45, 7) is 0. The molecule has 0 bridgehead atoms. The lowest BCUT2D eigenvalue weighted by molar-refractivity contribution is -0.120. The average molecular weight is 505 g/mol. The molecule has 0 fully saturated rings. The first-order valence-corrected chi connectivity index (χ1v) is 10.6. The Morgan fingerprint density at radius 1 is 0.848 bits per heavy atom. The van der Waals surface area contributed by atoms with Crippen molar-refractivity contribution in [2.45, 2.75) is 0 Å². The number of rotatable bonds is 5. The van der Waals surface area contributed by atoms with Gasteiger partial charge in [0.1, 0.15) is 16.5 Å². The Balaban J connectivity index is 1.55. The highest BCUT2D eigenvalue weighted by Gasteiger charge is 2.39. The summed E-state index contributed by atoms with van der Waals surface area (Å²) < 4.78 is 13.5. The summed E-state index contributed by atoms with van der Waals surface area (Å²) in [5.41, 5.74) is 1.04.